The minimum Gasteiger partial charge on any atom is -0.382 e. The van der Waals surface area contributed by atoms with Gasteiger partial charge in [-0.15, -0.1) is 0 Å². The van der Waals surface area contributed by atoms with Crippen LogP contribution in [0.1, 0.15) is 19.8 Å². The predicted molar refractivity (Wildman–Crippen MR) is 104 cm³/mol. The number of carbonyl (C=O) groups excluding carboxylic acids is 2. The topological polar surface area (TPSA) is 76.5 Å². The van der Waals surface area contributed by atoms with E-state index in [1.165, 1.54) is 4.90 Å². The molecule has 0 fully saturated rings. The fraction of sp³-hybridized carbons (Fsp3) is 0.421. The van der Waals surface area contributed by atoms with Gasteiger partial charge in [-0.05, 0) is 25.5 Å². The van der Waals surface area contributed by atoms with E-state index in [9.17, 15) is 9.59 Å². The van der Waals surface area contributed by atoms with Crippen molar-refractivity contribution in [2.45, 2.75) is 26.3 Å². The van der Waals surface area contributed by atoms with Crippen LogP contribution in [0.3, 0.4) is 0 Å². The van der Waals surface area contributed by atoms with E-state index in [4.69, 9.17) is 16.3 Å². The summed E-state index contributed by atoms with van der Waals surface area (Å²) in [6, 6.07) is 9.22. The van der Waals surface area contributed by atoms with Crippen LogP contribution in [0.15, 0.2) is 30.3 Å². The minimum absolute atomic E-state index is 0.0197. The lowest BCUT2D eigenvalue weighted by molar-refractivity contribution is -0.124. The molecule has 1 aliphatic rings. The second kappa shape index (κ2) is 9.01. The number of aromatic nitrogens is 2. The van der Waals surface area contributed by atoms with Crippen molar-refractivity contribution in [3.63, 3.8) is 0 Å². The molecule has 0 saturated carbocycles. The molecule has 144 valence electrons. The Kier molecular flexibility index (Phi) is 6.47. The van der Waals surface area contributed by atoms with Crippen molar-refractivity contribution < 1.29 is 14.3 Å². The number of rotatable bonds is 8. The molecule has 7 nitrogen and oxygen atoms in total. The van der Waals surface area contributed by atoms with Crippen molar-refractivity contribution in [2.24, 2.45) is 0 Å². The molecule has 1 N–H and O–H groups in total. The third kappa shape index (κ3) is 4.87. The standard InChI is InChI=1S/C19H23ClN4O3/c1-2-27-10-4-8-21-17(25)13-23-18-12-16(14-5-3-6-15(20)11-14)22-24(18)9-7-19(23)26/h3,5-6,11-12H,2,4,7-10,13H2,1H3,(H,21,25). The Morgan fingerprint density at radius 3 is 3.00 bits per heavy atom. The van der Waals surface area contributed by atoms with Crippen LogP contribution in [0.5, 0.6) is 0 Å². The van der Waals surface area contributed by atoms with Crippen LogP contribution in [0, 0.1) is 0 Å². The number of benzene rings is 1. The lowest BCUT2D eigenvalue weighted by atomic mass is 10.1. The highest BCUT2D eigenvalue weighted by molar-refractivity contribution is 6.30. The number of hydrogen-bond acceptors (Lipinski definition) is 4. The molecule has 8 heteroatoms. The number of ether oxygens (including phenoxy) is 1. The van der Waals surface area contributed by atoms with E-state index in [2.05, 4.69) is 10.4 Å². The number of nitrogens with zero attached hydrogens (tertiary/aromatic N) is 3. The van der Waals surface area contributed by atoms with Crippen molar-refractivity contribution in [1.29, 1.82) is 0 Å². The van der Waals surface area contributed by atoms with Gasteiger partial charge in [-0.25, -0.2) is 4.68 Å². The van der Waals surface area contributed by atoms with Gasteiger partial charge in [-0.2, -0.15) is 5.10 Å². The van der Waals surface area contributed by atoms with E-state index in [0.29, 0.717) is 43.6 Å². The molecule has 1 aromatic carbocycles. The summed E-state index contributed by atoms with van der Waals surface area (Å²) in [7, 11) is 0. The third-order valence-corrected chi connectivity index (χ3v) is 4.52. The number of aryl methyl sites for hydroxylation is 1. The first-order valence-corrected chi connectivity index (χ1v) is 9.45. The highest BCUT2D eigenvalue weighted by Crippen LogP contribution is 2.29. The van der Waals surface area contributed by atoms with E-state index < -0.39 is 0 Å². The molecule has 27 heavy (non-hydrogen) atoms. The molecule has 0 unspecified atom stereocenters. The Morgan fingerprint density at radius 2 is 2.22 bits per heavy atom. The van der Waals surface area contributed by atoms with Crippen LogP contribution in [0.25, 0.3) is 11.3 Å². The third-order valence-electron chi connectivity index (χ3n) is 4.29. The number of hydrogen-bond donors (Lipinski definition) is 1. The van der Waals surface area contributed by atoms with E-state index in [1.807, 2.05) is 31.2 Å². The van der Waals surface area contributed by atoms with Crippen LogP contribution >= 0.6 is 11.6 Å². The van der Waals surface area contributed by atoms with E-state index >= 15 is 0 Å². The van der Waals surface area contributed by atoms with Gasteiger partial charge >= 0.3 is 0 Å². The zero-order chi connectivity index (χ0) is 19.2. The molecule has 2 aromatic rings. The summed E-state index contributed by atoms with van der Waals surface area (Å²) in [4.78, 5) is 26.1. The highest BCUT2D eigenvalue weighted by atomic mass is 35.5. The monoisotopic (exact) mass is 390 g/mol. The molecule has 3 rings (SSSR count). The smallest absolute Gasteiger partial charge is 0.240 e. The summed E-state index contributed by atoms with van der Waals surface area (Å²) in [6.45, 7) is 4.20. The zero-order valence-corrected chi connectivity index (χ0v) is 16.0. The van der Waals surface area contributed by atoms with Crippen LogP contribution in [-0.4, -0.2) is 47.9 Å². The predicted octanol–water partition coefficient (Wildman–Crippen LogP) is 2.48. The first-order chi connectivity index (χ1) is 13.1. The molecule has 1 aromatic heterocycles. The van der Waals surface area contributed by atoms with Gasteiger partial charge in [0.15, 0.2) is 0 Å². The van der Waals surface area contributed by atoms with Crippen LogP contribution in [-0.2, 0) is 20.9 Å². The SMILES string of the molecule is CCOCCCNC(=O)CN1C(=O)CCn2nc(-c3cccc(Cl)c3)cc21. The molecule has 0 bridgehead atoms. The minimum atomic E-state index is -0.196. The first-order valence-electron chi connectivity index (χ1n) is 9.07. The van der Waals surface area contributed by atoms with Crippen LogP contribution in [0.4, 0.5) is 5.82 Å². The van der Waals surface area contributed by atoms with Gasteiger partial charge in [0.25, 0.3) is 0 Å². The summed E-state index contributed by atoms with van der Waals surface area (Å²) >= 11 is 6.06. The maximum Gasteiger partial charge on any atom is 0.240 e. The number of carbonyl (C=O) groups is 2. The van der Waals surface area contributed by atoms with Crippen molar-refractivity contribution in [1.82, 2.24) is 15.1 Å². The van der Waals surface area contributed by atoms with Gasteiger partial charge in [-0.3, -0.25) is 14.5 Å². The number of nitrogens with one attached hydrogen (secondary N) is 1. The Bertz CT molecular complexity index is 821. The largest absolute Gasteiger partial charge is 0.382 e. The summed E-state index contributed by atoms with van der Waals surface area (Å²) in [5.74, 6) is 0.356. The molecular weight excluding hydrogens is 368 g/mol. The number of fused-ring (bicyclic) bond motifs is 1. The van der Waals surface area contributed by atoms with Crippen LogP contribution in [0.2, 0.25) is 5.02 Å². The Labute approximate surface area is 163 Å². The van der Waals surface area contributed by atoms with Crippen molar-refractivity contribution >= 4 is 29.2 Å². The summed E-state index contributed by atoms with van der Waals surface area (Å²) in [5.41, 5.74) is 1.60. The molecule has 0 spiro atoms. The Hall–Kier alpha value is -2.38. The average Bonchev–Trinajstić information content (AvgIpc) is 3.09. The maximum absolute atomic E-state index is 12.4. The highest BCUT2D eigenvalue weighted by Gasteiger charge is 2.28. The zero-order valence-electron chi connectivity index (χ0n) is 15.3. The number of anilines is 1. The summed E-state index contributed by atoms with van der Waals surface area (Å²) < 4.78 is 7.01. The summed E-state index contributed by atoms with van der Waals surface area (Å²) in [5, 5.41) is 8.02. The quantitative estimate of drug-likeness (QED) is 0.702. The maximum atomic E-state index is 12.4. The second-order valence-corrected chi connectivity index (χ2v) is 6.69. The van der Waals surface area contributed by atoms with Gasteiger partial charge in [0.05, 0.1) is 12.2 Å². The lowest BCUT2D eigenvalue weighted by Gasteiger charge is -2.26. The molecule has 0 atom stereocenters. The number of amides is 2. The van der Waals surface area contributed by atoms with Crippen molar-refractivity contribution in [3.8, 4) is 11.3 Å². The van der Waals surface area contributed by atoms with Gasteiger partial charge in [0, 0.05) is 42.8 Å². The average molecular weight is 391 g/mol. The normalized spacial score (nSPS) is 13.6. The van der Waals surface area contributed by atoms with Crippen LogP contribution < -0.4 is 10.2 Å². The number of halogens is 1. The fourth-order valence-corrected chi connectivity index (χ4v) is 3.15. The van der Waals surface area contributed by atoms with E-state index in [0.717, 1.165) is 17.7 Å². The van der Waals surface area contributed by atoms with Crippen molar-refractivity contribution in [3.05, 3.63) is 35.4 Å². The second-order valence-electron chi connectivity index (χ2n) is 6.25. The Morgan fingerprint density at radius 1 is 1.37 bits per heavy atom. The summed E-state index contributed by atoms with van der Waals surface area (Å²) in [6.07, 6.45) is 1.06. The van der Waals surface area contributed by atoms with Gasteiger partial charge in [-0.1, -0.05) is 23.7 Å². The Balaban J connectivity index is 1.69. The molecule has 2 heterocycles. The van der Waals surface area contributed by atoms with Gasteiger partial charge in [0.2, 0.25) is 11.8 Å². The molecular formula is C19H23ClN4O3. The molecule has 2 amide bonds. The van der Waals surface area contributed by atoms with E-state index in [-0.39, 0.29) is 18.4 Å². The molecule has 0 radical (unpaired) electrons. The lowest BCUT2D eigenvalue weighted by Crippen LogP contribution is -2.44. The molecule has 0 saturated heterocycles. The molecule has 1 aliphatic heterocycles. The van der Waals surface area contributed by atoms with Gasteiger partial charge in [0.1, 0.15) is 12.4 Å². The van der Waals surface area contributed by atoms with Crippen molar-refractivity contribution in [2.75, 3.05) is 31.2 Å². The fourth-order valence-electron chi connectivity index (χ4n) is 2.96. The first kappa shape index (κ1) is 19.4. The van der Waals surface area contributed by atoms with Gasteiger partial charge < -0.3 is 10.1 Å². The van der Waals surface area contributed by atoms with E-state index in [1.54, 1.807) is 10.7 Å². The molecule has 0 aliphatic carbocycles.